The fourth-order valence-corrected chi connectivity index (χ4v) is 7.55. The second-order valence-electron chi connectivity index (χ2n) is 11.7. The van der Waals surface area contributed by atoms with Crippen molar-refractivity contribution in [3.05, 3.63) is 29.8 Å². The van der Waals surface area contributed by atoms with Crippen molar-refractivity contribution in [1.82, 2.24) is 0 Å². The lowest BCUT2D eigenvalue weighted by molar-refractivity contribution is -0.173. The number of aliphatic carboxylic acids is 1. The number of hydrogen-bond acceptors (Lipinski definition) is 9. The van der Waals surface area contributed by atoms with Gasteiger partial charge < -0.3 is 25.1 Å². The summed E-state index contributed by atoms with van der Waals surface area (Å²) in [6.45, 7) is 7.47. The van der Waals surface area contributed by atoms with E-state index in [9.17, 15) is 32.5 Å². The van der Waals surface area contributed by atoms with Crippen LogP contribution in [0.4, 0.5) is 9.18 Å². The van der Waals surface area contributed by atoms with Gasteiger partial charge in [-0.1, -0.05) is 45.4 Å². The third-order valence-electron chi connectivity index (χ3n) is 8.77. The quantitative estimate of drug-likeness (QED) is 0.231. The summed E-state index contributed by atoms with van der Waals surface area (Å²) in [5.74, 6) is -6.73. The van der Waals surface area contributed by atoms with Crippen LogP contribution < -0.4 is 5.73 Å². The van der Waals surface area contributed by atoms with Crippen LogP contribution in [0.2, 0.25) is 0 Å². The van der Waals surface area contributed by atoms with Gasteiger partial charge in [0.25, 0.3) is 10.1 Å². The third-order valence-corrected chi connectivity index (χ3v) is 9.69. The van der Waals surface area contributed by atoms with Gasteiger partial charge in [0.15, 0.2) is 5.54 Å². The molecule has 0 amide bonds. The molecule has 10 atom stereocenters. The maximum Gasteiger partial charge on any atom is 0.511 e. The normalized spacial score (nSPS) is 35.9. The van der Waals surface area contributed by atoms with Gasteiger partial charge in [0.05, 0.1) is 10.8 Å². The van der Waals surface area contributed by atoms with Crippen LogP contribution in [0.15, 0.2) is 29.2 Å². The number of nitrogens with two attached hydrogens (primary N) is 1. The Morgan fingerprint density at radius 2 is 1.77 bits per heavy atom. The number of alkyl halides is 1. The molecule has 0 bridgehead atoms. The van der Waals surface area contributed by atoms with E-state index in [2.05, 4.69) is 20.8 Å². The minimum Gasteiger partial charge on any atom is -0.480 e. The zero-order valence-corrected chi connectivity index (χ0v) is 23.5. The van der Waals surface area contributed by atoms with Gasteiger partial charge in [0.1, 0.15) is 12.3 Å². The van der Waals surface area contributed by atoms with Crippen LogP contribution in [0.3, 0.4) is 0 Å². The summed E-state index contributed by atoms with van der Waals surface area (Å²) in [4.78, 5) is 37.0. The second-order valence-corrected chi connectivity index (χ2v) is 13.1. The van der Waals surface area contributed by atoms with Crippen molar-refractivity contribution in [2.75, 3.05) is 0 Å². The van der Waals surface area contributed by atoms with Crippen molar-refractivity contribution < 1.29 is 51.1 Å². The van der Waals surface area contributed by atoms with E-state index in [0.717, 1.165) is 18.9 Å². The summed E-state index contributed by atoms with van der Waals surface area (Å²) in [6.07, 6.45) is -2.40. The van der Waals surface area contributed by atoms with Crippen molar-refractivity contribution in [2.24, 2.45) is 41.2 Å². The molecule has 0 aliphatic heterocycles. The van der Waals surface area contributed by atoms with Gasteiger partial charge in [-0.2, -0.15) is 8.42 Å². The van der Waals surface area contributed by atoms with Gasteiger partial charge in [-0.15, -0.1) is 0 Å². The Kier molecular flexibility index (Phi) is 8.23. The highest BCUT2D eigenvalue weighted by Crippen LogP contribution is 2.68. The van der Waals surface area contributed by atoms with Crippen molar-refractivity contribution in [3.8, 4) is 0 Å². The van der Waals surface area contributed by atoms with Crippen LogP contribution in [0.5, 0.6) is 0 Å². The topological polar surface area (TPSA) is 180 Å². The van der Waals surface area contributed by atoms with E-state index in [1.165, 1.54) is 25.1 Å². The number of benzene rings is 1. The van der Waals surface area contributed by atoms with E-state index in [4.69, 9.17) is 19.9 Å². The molecule has 3 aliphatic rings. The zero-order valence-electron chi connectivity index (χ0n) is 22.7. The molecule has 4 rings (SSSR count). The summed E-state index contributed by atoms with van der Waals surface area (Å²) in [7, 11) is -4.79. The fraction of sp³-hybridized carbons (Fsp3) is 0.667. The zero-order chi connectivity index (χ0) is 29.7. The smallest absolute Gasteiger partial charge is 0.480 e. The molecule has 0 heterocycles. The molecule has 0 radical (unpaired) electrons. The molecule has 1 aromatic rings. The third kappa shape index (κ3) is 5.42. The highest BCUT2D eigenvalue weighted by atomic mass is 32.2. The summed E-state index contributed by atoms with van der Waals surface area (Å²) in [6, 6.07) is 5.01. The van der Waals surface area contributed by atoms with Crippen LogP contribution in [0.1, 0.15) is 58.4 Å². The van der Waals surface area contributed by atoms with E-state index in [-0.39, 0.29) is 17.6 Å². The molecule has 40 heavy (non-hydrogen) atoms. The molecule has 0 saturated heterocycles. The van der Waals surface area contributed by atoms with E-state index in [1.807, 2.05) is 0 Å². The van der Waals surface area contributed by atoms with Crippen LogP contribution >= 0.6 is 0 Å². The van der Waals surface area contributed by atoms with E-state index in [1.54, 1.807) is 0 Å². The lowest BCUT2D eigenvalue weighted by Gasteiger charge is -2.36. The Bertz CT molecular complexity index is 1270. The molecular weight excluding hydrogens is 549 g/mol. The Labute approximate surface area is 232 Å². The van der Waals surface area contributed by atoms with E-state index >= 15 is 4.39 Å². The first-order valence-corrected chi connectivity index (χ1v) is 14.8. The van der Waals surface area contributed by atoms with Crippen LogP contribution in [0.25, 0.3) is 0 Å². The van der Waals surface area contributed by atoms with E-state index in [0.29, 0.717) is 18.3 Å². The van der Waals surface area contributed by atoms with Crippen molar-refractivity contribution in [3.63, 3.8) is 0 Å². The van der Waals surface area contributed by atoms with Gasteiger partial charge in [-0.25, -0.2) is 9.18 Å². The molecule has 3 saturated carbocycles. The van der Waals surface area contributed by atoms with Gasteiger partial charge in [-0.3, -0.25) is 14.1 Å². The average molecular weight is 586 g/mol. The number of rotatable bonds is 8. The van der Waals surface area contributed by atoms with Gasteiger partial charge in [0.2, 0.25) is 6.29 Å². The second kappa shape index (κ2) is 10.9. The van der Waals surface area contributed by atoms with Gasteiger partial charge in [0, 0.05) is 18.8 Å². The number of hydrogen-bond donors (Lipinski definition) is 3. The lowest BCUT2D eigenvalue weighted by atomic mass is 9.75. The fourth-order valence-electron chi connectivity index (χ4n) is 6.80. The summed E-state index contributed by atoms with van der Waals surface area (Å²) in [5.41, 5.74) is 3.31. The molecule has 4 N–H and O–H groups in total. The standard InChI is InChI=1S/C27H36FNO10S/c1-12(2)15-10-9-13(3)11-17(15)39-26(33)38-14(4)37-24(30)21-20-19(23(28)27(29,22(20)21)25(31)32)16-7-5-6-8-18(16)40(34,35)36/h5-8,12-15,17,19-23H,9-11,29H2,1-4H3,(H,31,32)(H,34,35,36)/t13-,14+,15+,17-,19?,20+,21+,22+,23+,27-/m1/s1. The molecule has 13 heteroatoms. The molecule has 3 aliphatic carbocycles. The van der Waals surface area contributed by atoms with Crippen molar-refractivity contribution in [2.45, 2.75) is 81.9 Å². The van der Waals surface area contributed by atoms with Crippen LogP contribution in [-0.2, 0) is 33.9 Å². The summed E-state index contributed by atoms with van der Waals surface area (Å²) >= 11 is 0. The molecule has 0 spiro atoms. The Hall–Kier alpha value is -2.77. The van der Waals surface area contributed by atoms with Gasteiger partial charge >= 0.3 is 18.1 Å². The number of carboxylic acid groups (broad SMARTS) is 1. The number of fused-ring (bicyclic) bond motifs is 1. The lowest BCUT2D eigenvalue weighted by Crippen LogP contribution is -2.57. The first-order valence-electron chi connectivity index (χ1n) is 13.4. The largest absolute Gasteiger partial charge is 0.511 e. The monoisotopic (exact) mass is 585 g/mol. The first-order chi connectivity index (χ1) is 18.6. The Balaban J connectivity index is 1.47. The number of carbonyl (C=O) groups is 3. The maximum atomic E-state index is 15.6. The summed E-state index contributed by atoms with van der Waals surface area (Å²) in [5, 5.41) is 9.80. The number of esters is 1. The number of halogens is 1. The summed E-state index contributed by atoms with van der Waals surface area (Å²) < 4.78 is 65.1. The molecule has 1 aromatic carbocycles. The minimum absolute atomic E-state index is 0.164. The molecule has 1 unspecified atom stereocenters. The first kappa shape index (κ1) is 30.2. The van der Waals surface area contributed by atoms with Crippen molar-refractivity contribution >= 4 is 28.2 Å². The highest BCUT2D eigenvalue weighted by Gasteiger charge is 2.79. The van der Waals surface area contributed by atoms with Crippen LogP contribution in [0, 0.1) is 35.5 Å². The average Bonchev–Trinajstić information content (AvgIpc) is 3.53. The Morgan fingerprint density at radius 3 is 2.38 bits per heavy atom. The maximum absolute atomic E-state index is 15.6. The molecule has 0 aromatic heterocycles. The van der Waals surface area contributed by atoms with Crippen molar-refractivity contribution in [1.29, 1.82) is 0 Å². The van der Waals surface area contributed by atoms with Crippen LogP contribution in [-0.4, -0.2) is 60.3 Å². The minimum atomic E-state index is -4.79. The number of carbonyl (C=O) groups excluding carboxylic acids is 2. The number of carboxylic acids is 1. The molecule has 222 valence electrons. The number of ether oxygens (including phenoxy) is 3. The molecule has 11 nitrogen and oxygen atoms in total. The Morgan fingerprint density at radius 1 is 1.12 bits per heavy atom. The SMILES string of the molecule is CC(C)[C@@H]1CC[C@@H](C)C[C@H]1OC(=O)O[C@@H](C)OC(=O)[C@H]1[C@@H]2C(c3ccccc3S(=O)(=O)O)[C@H](F)[C@@](N)(C(=O)O)[C@H]12. The predicted octanol–water partition coefficient (Wildman–Crippen LogP) is 3.52. The highest BCUT2D eigenvalue weighted by molar-refractivity contribution is 7.85. The van der Waals surface area contributed by atoms with Gasteiger partial charge in [-0.05, 0) is 48.1 Å². The predicted molar refractivity (Wildman–Crippen MR) is 137 cm³/mol. The molecule has 3 fully saturated rings. The van der Waals surface area contributed by atoms with E-state index < -0.39 is 74.8 Å². The molecular formula is C27H36FNO10S.